The van der Waals surface area contributed by atoms with Crippen molar-refractivity contribution in [3.8, 4) is 5.75 Å². The predicted octanol–water partition coefficient (Wildman–Crippen LogP) is 1.75. The molecule has 126 valence electrons. The lowest BCUT2D eigenvalue weighted by Gasteiger charge is -2.17. The van der Waals surface area contributed by atoms with Crippen LogP contribution in [0.15, 0.2) is 18.2 Å². The van der Waals surface area contributed by atoms with Crippen molar-refractivity contribution in [2.75, 3.05) is 39.6 Å². The zero-order chi connectivity index (χ0) is 17.0. The molecule has 2 amide bonds. The zero-order valence-corrected chi connectivity index (χ0v) is 14.4. The highest BCUT2D eigenvalue weighted by Crippen LogP contribution is 2.47. The van der Waals surface area contributed by atoms with E-state index in [0.717, 1.165) is 6.54 Å². The summed E-state index contributed by atoms with van der Waals surface area (Å²) in [6, 6.07) is 4.98. The number of hydrogen-bond donors (Lipinski definition) is 2. The quantitative estimate of drug-likeness (QED) is 0.742. The van der Waals surface area contributed by atoms with E-state index in [1.54, 1.807) is 18.2 Å². The summed E-state index contributed by atoms with van der Waals surface area (Å²) >= 11 is 6.04. The van der Waals surface area contributed by atoms with Crippen LogP contribution in [0.2, 0.25) is 5.02 Å². The predicted molar refractivity (Wildman–Crippen MR) is 89.9 cm³/mol. The van der Waals surface area contributed by atoms with Gasteiger partial charge in [-0.3, -0.25) is 9.59 Å². The largest absolute Gasteiger partial charge is 0.495 e. The van der Waals surface area contributed by atoms with Crippen LogP contribution in [0.3, 0.4) is 0 Å². The van der Waals surface area contributed by atoms with E-state index in [0.29, 0.717) is 35.8 Å². The third kappa shape index (κ3) is 4.14. The highest BCUT2D eigenvalue weighted by molar-refractivity contribution is 6.32. The summed E-state index contributed by atoms with van der Waals surface area (Å²) in [6.07, 6.45) is 1.13. The summed E-state index contributed by atoms with van der Waals surface area (Å²) < 4.78 is 5.07. The van der Waals surface area contributed by atoms with Crippen molar-refractivity contribution in [3.05, 3.63) is 23.2 Å². The van der Waals surface area contributed by atoms with Gasteiger partial charge in [-0.1, -0.05) is 11.6 Å². The first kappa shape index (κ1) is 17.6. The standard InChI is InChI=1S/C16H22ClN3O3/c1-20(2)9-8-18-14(21)16(6-7-16)15(22)19-11-4-5-13(23-3)12(17)10-11/h4-5,10H,6-9H2,1-3H3,(H,18,21)(H,19,22). The number of anilines is 1. The Kier molecular flexibility index (Phi) is 5.49. The summed E-state index contributed by atoms with van der Waals surface area (Å²) in [5.41, 5.74) is -0.396. The summed E-state index contributed by atoms with van der Waals surface area (Å²) in [4.78, 5) is 26.7. The third-order valence-electron chi connectivity index (χ3n) is 3.87. The molecule has 0 radical (unpaired) electrons. The first-order valence-electron chi connectivity index (χ1n) is 7.47. The molecule has 1 fully saturated rings. The minimum atomic E-state index is -0.946. The van der Waals surface area contributed by atoms with E-state index in [-0.39, 0.29) is 11.8 Å². The Morgan fingerprint density at radius 1 is 1.30 bits per heavy atom. The Labute approximate surface area is 141 Å². The second-order valence-electron chi connectivity index (χ2n) is 5.94. The van der Waals surface area contributed by atoms with Gasteiger partial charge in [-0.15, -0.1) is 0 Å². The van der Waals surface area contributed by atoms with Gasteiger partial charge in [-0.05, 0) is 45.1 Å². The number of methoxy groups -OCH3 is 1. The number of hydrogen-bond acceptors (Lipinski definition) is 4. The number of likely N-dealkylation sites (N-methyl/N-ethyl adjacent to an activating group) is 1. The van der Waals surface area contributed by atoms with Gasteiger partial charge in [0.05, 0.1) is 12.1 Å². The Balaban J connectivity index is 1.97. The monoisotopic (exact) mass is 339 g/mol. The van der Waals surface area contributed by atoms with Gasteiger partial charge in [0, 0.05) is 18.8 Å². The lowest BCUT2D eigenvalue weighted by atomic mass is 10.1. The molecular formula is C16H22ClN3O3. The molecule has 1 saturated carbocycles. The third-order valence-corrected chi connectivity index (χ3v) is 4.17. The number of benzene rings is 1. The van der Waals surface area contributed by atoms with Crippen molar-refractivity contribution in [3.63, 3.8) is 0 Å². The zero-order valence-electron chi connectivity index (χ0n) is 13.6. The number of amides is 2. The Morgan fingerprint density at radius 3 is 2.52 bits per heavy atom. The first-order chi connectivity index (χ1) is 10.9. The molecule has 2 N–H and O–H groups in total. The molecular weight excluding hydrogens is 318 g/mol. The number of nitrogens with zero attached hydrogens (tertiary/aromatic N) is 1. The first-order valence-corrected chi connectivity index (χ1v) is 7.85. The number of nitrogens with one attached hydrogen (secondary N) is 2. The van der Waals surface area contributed by atoms with Crippen LogP contribution in [0.1, 0.15) is 12.8 Å². The van der Waals surface area contributed by atoms with Crippen LogP contribution in [0.25, 0.3) is 0 Å². The Hall–Kier alpha value is -1.79. The maximum Gasteiger partial charge on any atom is 0.240 e. The fraction of sp³-hybridized carbons (Fsp3) is 0.500. The fourth-order valence-corrected chi connectivity index (χ4v) is 2.50. The number of ether oxygens (including phenoxy) is 1. The van der Waals surface area contributed by atoms with Crippen molar-refractivity contribution in [1.82, 2.24) is 10.2 Å². The molecule has 0 atom stereocenters. The molecule has 0 unspecified atom stereocenters. The van der Waals surface area contributed by atoms with E-state index in [2.05, 4.69) is 10.6 Å². The van der Waals surface area contributed by atoms with Crippen molar-refractivity contribution in [2.45, 2.75) is 12.8 Å². The van der Waals surface area contributed by atoms with Crippen molar-refractivity contribution in [2.24, 2.45) is 5.41 Å². The van der Waals surface area contributed by atoms with Gasteiger partial charge >= 0.3 is 0 Å². The van der Waals surface area contributed by atoms with Crippen molar-refractivity contribution < 1.29 is 14.3 Å². The number of rotatable bonds is 7. The summed E-state index contributed by atoms with van der Waals surface area (Å²) in [7, 11) is 5.38. The second kappa shape index (κ2) is 7.19. The van der Waals surface area contributed by atoms with Crippen LogP contribution in [-0.2, 0) is 9.59 Å². The normalized spacial score (nSPS) is 15.2. The van der Waals surface area contributed by atoms with E-state index < -0.39 is 5.41 Å². The van der Waals surface area contributed by atoms with Gasteiger partial charge in [-0.25, -0.2) is 0 Å². The SMILES string of the molecule is COc1ccc(NC(=O)C2(C(=O)NCCN(C)C)CC2)cc1Cl. The van der Waals surface area contributed by atoms with Crippen LogP contribution >= 0.6 is 11.6 Å². The molecule has 23 heavy (non-hydrogen) atoms. The average Bonchev–Trinajstić information content (AvgIpc) is 3.28. The van der Waals surface area contributed by atoms with Crippen molar-refractivity contribution >= 4 is 29.1 Å². The smallest absolute Gasteiger partial charge is 0.240 e. The second-order valence-corrected chi connectivity index (χ2v) is 6.35. The van der Waals surface area contributed by atoms with Crippen LogP contribution in [0.5, 0.6) is 5.75 Å². The number of carbonyl (C=O) groups is 2. The molecule has 1 aromatic carbocycles. The maximum atomic E-state index is 12.4. The molecule has 6 nitrogen and oxygen atoms in total. The molecule has 0 aliphatic heterocycles. The van der Waals surface area contributed by atoms with Crippen molar-refractivity contribution in [1.29, 1.82) is 0 Å². The van der Waals surface area contributed by atoms with Crippen LogP contribution in [0.4, 0.5) is 5.69 Å². The van der Waals surface area contributed by atoms with Gasteiger partial charge in [-0.2, -0.15) is 0 Å². The highest BCUT2D eigenvalue weighted by atomic mass is 35.5. The van der Waals surface area contributed by atoms with Gasteiger partial charge in [0.1, 0.15) is 11.2 Å². The van der Waals surface area contributed by atoms with Gasteiger partial charge < -0.3 is 20.3 Å². The molecule has 0 saturated heterocycles. The van der Waals surface area contributed by atoms with Gasteiger partial charge in [0.2, 0.25) is 11.8 Å². The molecule has 0 aromatic heterocycles. The molecule has 0 spiro atoms. The summed E-state index contributed by atoms with van der Waals surface area (Å²) in [5.74, 6) is 0.0322. The topological polar surface area (TPSA) is 70.7 Å². The minimum Gasteiger partial charge on any atom is -0.495 e. The van der Waals surface area contributed by atoms with Gasteiger partial charge in [0.25, 0.3) is 0 Å². The molecule has 1 aromatic rings. The summed E-state index contributed by atoms with van der Waals surface area (Å²) in [5, 5.41) is 6.00. The minimum absolute atomic E-state index is 0.212. The van der Waals surface area contributed by atoms with Gasteiger partial charge in [0.15, 0.2) is 0 Å². The van der Waals surface area contributed by atoms with E-state index in [4.69, 9.17) is 16.3 Å². The van der Waals surface area contributed by atoms with E-state index in [1.807, 2.05) is 19.0 Å². The molecule has 2 rings (SSSR count). The van der Waals surface area contributed by atoms with Crippen LogP contribution in [0, 0.1) is 5.41 Å². The average molecular weight is 340 g/mol. The molecule has 7 heteroatoms. The molecule has 0 bridgehead atoms. The molecule has 1 aliphatic rings. The number of carbonyl (C=O) groups excluding carboxylic acids is 2. The van der Waals surface area contributed by atoms with E-state index in [9.17, 15) is 9.59 Å². The van der Waals surface area contributed by atoms with Crippen LogP contribution in [-0.4, -0.2) is 51.0 Å². The Morgan fingerprint density at radius 2 is 2.00 bits per heavy atom. The van der Waals surface area contributed by atoms with E-state index >= 15 is 0 Å². The fourth-order valence-electron chi connectivity index (χ4n) is 2.24. The summed E-state index contributed by atoms with van der Waals surface area (Å²) in [6.45, 7) is 1.26. The Bertz CT molecular complexity index is 600. The molecule has 1 aliphatic carbocycles. The van der Waals surface area contributed by atoms with E-state index in [1.165, 1.54) is 7.11 Å². The molecule has 0 heterocycles. The number of halogens is 1. The van der Waals surface area contributed by atoms with Crippen LogP contribution < -0.4 is 15.4 Å². The lowest BCUT2D eigenvalue weighted by Crippen LogP contribution is -2.42. The highest BCUT2D eigenvalue weighted by Gasteiger charge is 2.56. The lowest BCUT2D eigenvalue weighted by molar-refractivity contribution is -0.134. The maximum absolute atomic E-state index is 12.4.